The lowest BCUT2D eigenvalue weighted by Crippen LogP contribution is -2.52. The van der Waals surface area contributed by atoms with Gasteiger partial charge in [-0.05, 0) is 43.4 Å². The average Bonchev–Trinajstić information content (AvgIpc) is 3.07. The van der Waals surface area contributed by atoms with E-state index in [1.165, 1.54) is 0 Å². The zero-order valence-electron chi connectivity index (χ0n) is 15.2. The van der Waals surface area contributed by atoms with Gasteiger partial charge in [-0.3, -0.25) is 4.79 Å². The van der Waals surface area contributed by atoms with E-state index in [9.17, 15) is 4.79 Å². The van der Waals surface area contributed by atoms with Crippen LogP contribution in [0.4, 0.5) is 0 Å². The third kappa shape index (κ3) is 4.44. The molecule has 6 nitrogen and oxygen atoms in total. The lowest BCUT2D eigenvalue weighted by molar-refractivity contribution is -0.125. The smallest absolute Gasteiger partial charge is 0.237 e. The monoisotopic (exact) mass is 348 g/mol. The van der Waals surface area contributed by atoms with Crippen molar-refractivity contribution >= 4 is 5.91 Å². The van der Waals surface area contributed by atoms with E-state index < -0.39 is 0 Å². The molecule has 1 fully saturated rings. The predicted molar refractivity (Wildman–Crippen MR) is 94.7 cm³/mol. The minimum Gasteiger partial charge on any atom is -0.454 e. The van der Waals surface area contributed by atoms with Crippen LogP contribution in [0.15, 0.2) is 18.2 Å². The van der Waals surface area contributed by atoms with Crippen LogP contribution in [0.3, 0.4) is 0 Å². The van der Waals surface area contributed by atoms with Crippen LogP contribution >= 0.6 is 0 Å². The van der Waals surface area contributed by atoms with Crippen molar-refractivity contribution in [2.75, 3.05) is 20.0 Å². The van der Waals surface area contributed by atoms with Crippen molar-refractivity contribution in [2.45, 2.75) is 51.7 Å². The number of hydrogen-bond acceptors (Lipinski definition) is 5. The van der Waals surface area contributed by atoms with Gasteiger partial charge in [-0.15, -0.1) is 0 Å². The molecule has 138 valence electrons. The number of amides is 1. The minimum atomic E-state index is -0.209. The molecule has 6 heteroatoms. The molecule has 0 saturated carbocycles. The zero-order chi connectivity index (χ0) is 17.8. The maximum absolute atomic E-state index is 12.8. The number of nitrogens with one attached hydrogen (secondary N) is 2. The van der Waals surface area contributed by atoms with E-state index in [1.54, 1.807) is 0 Å². The molecule has 0 spiro atoms. The Bertz CT molecular complexity index is 599. The summed E-state index contributed by atoms with van der Waals surface area (Å²) in [4.78, 5) is 12.8. The van der Waals surface area contributed by atoms with E-state index in [0.717, 1.165) is 43.1 Å². The zero-order valence-corrected chi connectivity index (χ0v) is 15.2. The molecule has 2 N–H and O–H groups in total. The molecule has 0 aliphatic carbocycles. The number of carbonyl (C=O) groups excluding carboxylic acids is 1. The molecule has 0 aromatic heterocycles. The topological polar surface area (TPSA) is 68.8 Å². The van der Waals surface area contributed by atoms with Gasteiger partial charge in [-0.25, -0.2) is 0 Å². The van der Waals surface area contributed by atoms with Crippen molar-refractivity contribution in [2.24, 2.45) is 5.92 Å². The molecule has 1 saturated heterocycles. The number of fused-ring (bicyclic) bond motifs is 1. The fourth-order valence-electron chi connectivity index (χ4n) is 3.26. The van der Waals surface area contributed by atoms with Gasteiger partial charge in [-0.1, -0.05) is 19.9 Å². The van der Waals surface area contributed by atoms with Crippen LogP contribution in [0.1, 0.15) is 45.2 Å². The standard InChI is InChI=1S/C19H28N2O4/c1-12(2)18(21-15-6-8-23-9-7-15)19(22)20-13(3)14-4-5-16-17(10-14)25-11-24-16/h4-5,10,12-13,15,18,21H,6-9,11H2,1-3H3,(H,20,22). The molecule has 3 rings (SSSR count). The van der Waals surface area contributed by atoms with E-state index in [2.05, 4.69) is 24.5 Å². The lowest BCUT2D eigenvalue weighted by Gasteiger charge is -2.30. The predicted octanol–water partition coefficient (Wildman–Crippen LogP) is 2.39. The second-order valence-corrected chi connectivity index (χ2v) is 7.12. The summed E-state index contributed by atoms with van der Waals surface area (Å²) in [5, 5.41) is 6.65. The SMILES string of the molecule is CC(NC(=O)C(NC1CCOCC1)C(C)C)c1ccc2c(c1)OCO2. The Kier molecular flexibility index (Phi) is 5.81. The van der Waals surface area contributed by atoms with Crippen molar-refractivity contribution in [1.82, 2.24) is 10.6 Å². The van der Waals surface area contributed by atoms with Crippen molar-refractivity contribution < 1.29 is 19.0 Å². The molecule has 1 aromatic rings. The molecule has 1 amide bonds. The average molecular weight is 348 g/mol. The minimum absolute atomic E-state index is 0.0339. The van der Waals surface area contributed by atoms with Gasteiger partial charge in [0, 0.05) is 19.3 Å². The Morgan fingerprint density at radius 3 is 2.56 bits per heavy atom. The van der Waals surface area contributed by atoms with Crippen LogP contribution < -0.4 is 20.1 Å². The normalized spacial score (nSPS) is 19.7. The van der Waals surface area contributed by atoms with E-state index in [-0.39, 0.29) is 30.7 Å². The Morgan fingerprint density at radius 2 is 1.84 bits per heavy atom. The van der Waals surface area contributed by atoms with Crippen LogP contribution in [0.2, 0.25) is 0 Å². The maximum Gasteiger partial charge on any atom is 0.237 e. The highest BCUT2D eigenvalue weighted by Gasteiger charge is 2.27. The third-order valence-electron chi connectivity index (χ3n) is 4.84. The van der Waals surface area contributed by atoms with Gasteiger partial charge < -0.3 is 24.8 Å². The van der Waals surface area contributed by atoms with Crippen LogP contribution in [0.25, 0.3) is 0 Å². The van der Waals surface area contributed by atoms with E-state index in [0.29, 0.717) is 6.04 Å². The van der Waals surface area contributed by atoms with Gasteiger partial charge in [0.1, 0.15) is 0 Å². The number of carbonyl (C=O) groups is 1. The van der Waals surface area contributed by atoms with Crippen molar-refractivity contribution in [3.8, 4) is 11.5 Å². The second-order valence-electron chi connectivity index (χ2n) is 7.12. The molecule has 2 aliphatic heterocycles. The molecule has 2 aliphatic rings. The van der Waals surface area contributed by atoms with Crippen LogP contribution in [0.5, 0.6) is 11.5 Å². The molecular weight excluding hydrogens is 320 g/mol. The van der Waals surface area contributed by atoms with E-state index in [1.807, 2.05) is 25.1 Å². The van der Waals surface area contributed by atoms with Gasteiger partial charge >= 0.3 is 0 Å². The van der Waals surface area contributed by atoms with Gasteiger partial charge in [0.05, 0.1) is 12.1 Å². The summed E-state index contributed by atoms with van der Waals surface area (Å²) in [7, 11) is 0. The highest BCUT2D eigenvalue weighted by atomic mass is 16.7. The molecule has 25 heavy (non-hydrogen) atoms. The molecule has 2 heterocycles. The first-order valence-electron chi connectivity index (χ1n) is 9.08. The Morgan fingerprint density at radius 1 is 1.12 bits per heavy atom. The quantitative estimate of drug-likeness (QED) is 0.826. The first-order chi connectivity index (χ1) is 12.0. The summed E-state index contributed by atoms with van der Waals surface area (Å²) < 4.78 is 16.2. The Balaban J connectivity index is 1.61. The Labute approximate surface area is 149 Å². The van der Waals surface area contributed by atoms with Crippen molar-refractivity contribution in [1.29, 1.82) is 0 Å². The largest absolute Gasteiger partial charge is 0.454 e. The summed E-state index contributed by atoms with van der Waals surface area (Å²) in [6, 6.07) is 5.82. The van der Waals surface area contributed by atoms with Gasteiger partial charge in [0.25, 0.3) is 0 Å². The van der Waals surface area contributed by atoms with Crippen molar-refractivity contribution in [3.63, 3.8) is 0 Å². The van der Waals surface area contributed by atoms with Gasteiger partial charge in [0.2, 0.25) is 12.7 Å². The molecule has 2 unspecified atom stereocenters. The summed E-state index contributed by atoms with van der Waals surface area (Å²) in [5.74, 6) is 1.74. The van der Waals surface area contributed by atoms with Crippen LogP contribution in [-0.4, -0.2) is 38.0 Å². The molecular formula is C19H28N2O4. The van der Waals surface area contributed by atoms with Gasteiger partial charge in [0.15, 0.2) is 11.5 Å². The first kappa shape index (κ1) is 18.0. The summed E-state index contributed by atoms with van der Waals surface area (Å²) in [6.45, 7) is 7.91. The summed E-state index contributed by atoms with van der Waals surface area (Å²) >= 11 is 0. The summed E-state index contributed by atoms with van der Waals surface area (Å²) in [6.07, 6.45) is 1.91. The molecule has 1 aromatic carbocycles. The maximum atomic E-state index is 12.8. The number of hydrogen-bond donors (Lipinski definition) is 2. The van der Waals surface area contributed by atoms with E-state index in [4.69, 9.17) is 14.2 Å². The fourth-order valence-corrected chi connectivity index (χ4v) is 3.26. The molecule has 2 atom stereocenters. The van der Waals surface area contributed by atoms with Crippen LogP contribution in [0, 0.1) is 5.92 Å². The Hall–Kier alpha value is -1.79. The highest BCUT2D eigenvalue weighted by Crippen LogP contribution is 2.34. The number of benzene rings is 1. The number of rotatable bonds is 6. The second kappa shape index (κ2) is 8.06. The first-order valence-corrected chi connectivity index (χ1v) is 9.08. The molecule has 0 bridgehead atoms. The van der Waals surface area contributed by atoms with Gasteiger partial charge in [-0.2, -0.15) is 0 Å². The van der Waals surface area contributed by atoms with Crippen LogP contribution in [-0.2, 0) is 9.53 Å². The lowest BCUT2D eigenvalue weighted by atomic mass is 9.99. The fraction of sp³-hybridized carbons (Fsp3) is 0.632. The van der Waals surface area contributed by atoms with E-state index >= 15 is 0 Å². The third-order valence-corrected chi connectivity index (χ3v) is 4.84. The highest BCUT2D eigenvalue weighted by molar-refractivity contribution is 5.82. The molecule has 0 radical (unpaired) electrons. The van der Waals surface area contributed by atoms with Crippen molar-refractivity contribution in [3.05, 3.63) is 23.8 Å². The number of ether oxygens (including phenoxy) is 3. The summed E-state index contributed by atoms with van der Waals surface area (Å²) in [5.41, 5.74) is 1.01.